The van der Waals surface area contributed by atoms with Crippen LogP contribution in [0.15, 0.2) is 70.7 Å². The average Bonchev–Trinajstić information content (AvgIpc) is 2.74. The third kappa shape index (κ3) is 5.17. The summed E-state index contributed by atoms with van der Waals surface area (Å²) in [6.07, 6.45) is 3.10. The first-order chi connectivity index (χ1) is 14.1. The van der Waals surface area contributed by atoms with Crippen LogP contribution in [-0.2, 0) is 4.79 Å². The number of amides is 1. The molecule has 0 aliphatic carbocycles. The van der Waals surface area contributed by atoms with Crippen LogP contribution >= 0.6 is 11.8 Å². The maximum absolute atomic E-state index is 12.8. The van der Waals surface area contributed by atoms with E-state index in [0.29, 0.717) is 23.7 Å². The van der Waals surface area contributed by atoms with Crippen LogP contribution in [0.1, 0.15) is 6.92 Å². The van der Waals surface area contributed by atoms with E-state index in [0.717, 1.165) is 17.5 Å². The Balaban J connectivity index is 1.68. The molecule has 7 nitrogen and oxygen atoms in total. The van der Waals surface area contributed by atoms with Gasteiger partial charge in [-0.2, -0.15) is 0 Å². The molecule has 0 radical (unpaired) electrons. The van der Waals surface area contributed by atoms with E-state index in [4.69, 9.17) is 9.47 Å². The zero-order valence-electron chi connectivity index (χ0n) is 16.1. The Labute approximate surface area is 172 Å². The number of thioether (sulfide) groups is 1. The summed E-state index contributed by atoms with van der Waals surface area (Å²) in [5.74, 6) is 1.15. The molecule has 0 fully saturated rings. The van der Waals surface area contributed by atoms with E-state index < -0.39 is 0 Å². The molecule has 2 aromatic carbocycles. The van der Waals surface area contributed by atoms with Gasteiger partial charge in [0, 0.05) is 18.1 Å². The Bertz CT molecular complexity index is 1030. The van der Waals surface area contributed by atoms with Crippen molar-refractivity contribution in [2.75, 3.05) is 24.8 Å². The zero-order chi connectivity index (χ0) is 20.6. The first-order valence-corrected chi connectivity index (χ1v) is 9.97. The average molecular weight is 411 g/mol. The first-order valence-electron chi connectivity index (χ1n) is 8.99. The lowest BCUT2D eigenvalue weighted by atomic mass is 10.3. The van der Waals surface area contributed by atoms with Crippen LogP contribution in [0.5, 0.6) is 11.5 Å². The SMILES string of the molecule is CCOc1ccc(NC(=O)CSc2nccn(-c3ccccc3OC)c2=O)cc1. The smallest absolute Gasteiger partial charge is 0.287 e. The van der Waals surface area contributed by atoms with Crippen LogP contribution in [0.2, 0.25) is 0 Å². The molecule has 3 rings (SSSR count). The highest BCUT2D eigenvalue weighted by atomic mass is 32.2. The van der Waals surface area contributed by atoms with Crippen molar-refractivity contribution in [1.82, 2.24) is 9.55 Å². The van der Waals surface area contributed by atoms with Gasteiger partial charge >= 0.3 is 0 Å². The number of rotatable bonds is 8. The zero-order valence-corrected chi connectivity index (χ0v) is 16.9. The minimum Gasteiger partial charge on any atom is -0.495 e. The summed E-state index contributed by atoms with van der Waals surface area (Å²) < 4.78 is 12.2. The number of nitrogens with zero attached hydrogens (tertiary/aromatic N) is 2. The van der Waals surface area contributed by atoms with Crippen molar-refractivity contribution in [2.45, 2.75) is 11.9 Å². The molecule has 0 spiro atoms. The maximum atomic E-state index is 12.8. The fraction of sp³-hybridized carbons (Fsp3) is 0.190. The summed E-state index contributed by atoms with van der Waals surface area (Å²) in [4.78, 5) is 29.2. The monoisotopic (exact) mass is 411 g/mol. The Morgan fingerprint density at radius 3 is 2.66 bits per heavy atom. The number of benzene rings is 2. The number of hydrogen-bond acceptors (Lipinski definition) is 6. The molecule has 3 aromatic rings. The minimum absolute atomic E-state index is 0.0609. The van der Waals surface area contributed by atoms with Crippen LogP contribution in [0.4, 0.5) is 5.69 Å². The molecule has 0 saturated heterocycles. The third-order valence-electron chi connectivity index (χ3n) is 3.94. The molecule has 1 amide bonds. The molecule has 1 N–H and O–H groups in total. The number of methoxy groups -OCH3 is 1. The fourth-order valence-corrected chi connectivity index (χ4v) is 3.34. The number of carbonyl (C=O) groups excluding carboxylic acids is 1. The van der Waals surface area contributed by atoms with Gasteiger partial charge in [-0.3, -0.25) is 14.2 Å². The highest BCUT2D eigenvalue weighted by molar-refractivity contribution is 7.99. The highest BCUT2D eigenvalue weighted by Crippen LogP contribution is 2.21. The standard InChI is InChI=1S/C21H21N3O4S/c1-3-28-16-10-8-15(9-11-16)23-19(25)14-29-20-21(26)24(13-12-22-20)17-6-4-5-7-18(17)27-2/h4-13H,3,14H2,1-2H3,(H,23,25). The van der Waals surface area contributed by atoms with Gasteiger partial charge in [0.25, 0.3) is 5.56 Å². The number of anilines is 1. The summed E-state index contributed by atoms with van der Waals surface area (Å²) in [7, 11) is 1.55. The van der Waals surface area contributed by atoms with Crippen LogP contribution in [-0.4, -0.2) is 34.9 Å². The lowest BCUT2D eigenvalue weighted by Gasteiger charge is -2.11. The van der Waals surface area contributed by atoms with Crippen LogP contribution in [0.3, 0.4) is 0 Å². The molecule has 0 unspecified atom stereocenters. The van der Waals surface area contributed by atoms with Crippen LogP contribution in [0.25, 0.3) is 5.69 Å². The second kappa shape index (κ2) is 9.79. The molecule has 0 aliphatic heterocycles. The van der Waals surface area contributed by atoms with Crippen LogP contribution < -0.4 is 20.3 Å². The summed E-state index contributed by atoms with van der Waals surface area (Å²) in [6.45, 7) is 2.49. The van der Waals surface area contributed by atoms with Crippen molar-refractivity contribution in [3.63, 3.8) is 0 Å². The Kier molecular flexibility index (Phi) is 6.91. The molecule has 150 valence electrons. The molecule has 1 heterocycles. The first kappa shape index (κ1) is 20.5. The van der Waals surface area contributed by atoms with Gasteiger partial charge in [0.15, 0.2) is 5.03 Å². The normalized spacial score (nSPS) is 10.4. The van der Waals surface area contributed by atoms with Gasteiger partial charge in [-0.25, -0.2) is 4.98 Å². The summed E-state index contributed by atoms with van der Waals surface area (Å²) in [6, 6.07) is 14.3. The van der Waals surface area contributed by atoms with Crippen molar-refractivity contribution in [2.24, 2.45) is 0 Å². The highest BCUT2D eigenvalue weighted by Gasteiger charge is 2.12. The number of para-hydroxylation sites is 2. The van der Waals surface area contributed by atoms with Gasteiger partial charge in [0.1, 0.15) is 11.5 Å². The van der Waals surface area contributed by atoms with E-state index in [1.54, 1.807) is 49.7 Å². The van der Waals surface area contributed by atoms with Gasteiger partial charge < -0.3 is 14.8 Å². The van der Waals surface area contributed by atoms with Crippen molar-refractivity contribution in [3.05, 3.63) is 71.3 Å². The van der Waals surface area contributed by atoms with E-state index in [2.05, 4.69) is 10.3 Å². The predicted molar refractivity (Wildman–Crippen MR) is 113 cm³/mol. The lowest BCUT2D eigenvalue weighted by molar-refractivity contribution is -0.113. The summed E-state index contributed by atoms with van der Waals surface area (Å²) in [5, 5.41) is 3.03. The molecule has 0 atom stereocenters. The third-order valence-corrected chi connectivity index (χ3v) is 4.90. The lowest BCUT2D eigenvalue weighted by Crippen LogP contribution is -2.22. The van der Waals surface area contributed by atoms with Gasteiger partial charge in [-0.1, -0.05) is 23.9 Å². The van der Waals surface area contributed by atoms with E-state index in [1.807, 2.05) is 19.1 Å². The summed E-state index contributed by atoms with van der Waals surface area (Å²) >= 11 is 1.09. The fourth-order valence-electron chi connectivity index (χ4n) is 2.64. The molecule has 0 bridgehead atoms. The number of hydrogen-bond donors (Lipinski definition) is 1. The Hall–Kier alpha value is -3.26. The van der Waals surface area contributed by atoms with E-state index in [-0.39, 0.29) is 22.2 Å². The van der Waals surface area contributed by atoms with E-state index in [1.165, 1.54) is 10.8 Å². The van der Waals surface area contributed by atoms with E-state index in [9.17, 15) is 9.59 Å². The topological polar surface area (TPSA) is 82.4 Å². The molecule has 1 aromatic heterocycles. The van der Waals surface area contributed by atoms with Crippen molar-refractivity contribution in [3.8, 4) is 17.2 Å². The van der Waals surface area contributed by atoms with Crippen molar-refractivity contribution < 1.29 is 14.3 Å². The van der Waals surface area contributed by atoms with Gasteiger partial charge in [-0.15, -0.1) is 0 Å². The van der Waals surface area contributed by atoms with Crippen molar-refractivity contribution >= 4 is 23.4 Å². The quantitative estimate of drug-likeness (QED) is 0.573. The molecular weight excluding hydrogens is 390 g/mol. The van der Waals surface area contributed by atoms with Gasteiger partial charge in [0.2, 0.25) is 5.91 Å². The predicted octanol–water partition coefficient (Wildman–Crippen LogP) is 3.37. The van der Waals surface area contributed by atoms with Crippen molar-refractivity contribution in [1.29, 1.82) is 0 Å². The number of aromatic nitrogens is 2. The van der Waals surface area contributed by atoms with Gasteiger partial charge in [0.05, 0.1) is 25.2 Å². The maximum Gasteiger partial charge on any atom is 0.287 e. The second-order valence-electron chi connectivity index (χ2n) is 5.87. The Morgan fingerprint density at radius 2 is 1.93 bits per heavy atom. The molecule has 0 aliphatic rings. The molecule has 29 heavy (non-hydrogen) atoms. The minimum atomic E-state index is -0.309. The summed E-state index contributed by atoms with van der Waals surface area (Å²) in [5.41, 5.74) is 0.963. The largest absolute Gasteiger partial charge is 0.495 e. The number of ether oxygens (including phenoxy) is 2. The van der Waals surface area contributed by atoms with Crippen LogP contribution in [0, 0.1) is 0 Å². The number of nitrogens with one attached hydrogen (secondary N) is 1. The molecule has 0 saturated carbocycles. The van der Waals surface area contributed by atoms with Gasteiger partial charge in [-0.05, 0) is 43.3 Å². The second-order valence-corrected chi connectivity index (χ2v) is 6.84. The molecular formula is C21H21N3O4S. The molecule has 8 heteroatoms. The Morgan fingerprint density at radius 1 is 1.17 bits per heavy atom. The number of carbonyl (C=O) groups is 1. The van der Waals surface area contributed by atoms with E-state index >= 15 is 0 Å².